The van der Waals surface area contributed by atoms with Gasteiger partial charge in [-0.3, -0.25) is 9.52 Å². The fourth-order valence-corrected chi connectivity index (χ4v) is 4.27. The Morgan fingerprint density at radius 1 is 1.07 bits per heavy atom. The van der Waals surface area contributed by atoms with Gasteiger partial charge in [-0.1, -0.05) is 12.1 Å². The maximum absolute atomic E-state index is 12.6. The smallest absolute Gasteiger partial charge is 0.261 e. The van der Waals surface area contributed by atoms with Gasteiger partial charge in [0.05, 0.1) is 16.3 Å². The van der Waals surface area contributed by atoms with Crippen molar-refractivity contribution in [3.05, 3.63) is 72.1 Å². The van der Waals surface area contributed by atoms with Crippen molar-refractivity contribution in [2.24, 2.45) is 0 Å². The number of sulfonamides is 1. The van der Waals surface area contributed by atoms with E-state index in [1.54, 1.807) is 53.2 Å². The molecule has 1 saturated heterocycles. The topological polar surface area (TPSA) is 93.1 Å². The van der Waals surface area contributed by atoms with Gasteiger partial charge in [-0.05, 0) is 55.0 Å². The van der Waals surface area contributed by atoms with Gasteiger partial charge < -0.3 is 5.32 Å². The summed E-state index contributed by atoms with van der Waals surface area (Å²) in [5.41, 5.74) is 3.18. The Bertz CT molecular complexity index is 1100. The molecule has 1 fully saturated rings. The molecule has 0 spiro atoms. The van der Waals surface area contributed by atoms with E-state index in [2.05, 4.69) is 15.1 Å². The molecule has 2 heterocycles. The zero-order chi connectivity index (χ0) is 19.7. The predicted molar refractivity (Wildman–Crippen MR) is 106 cm³/mol. The second-order valence-electron chi connectivity index (χ2n) is 6.83. The minimum Gasteiger partial charge on any atom is -0.355 e. The maximum atomic E-state index is 12.6. The molecule has 1 aliphatic heterocycles. The molecular formula is C20H20N4O3S. The van der Waals surface area contributed by atoms with Crippen LogP contribution in [0.25, 0.3) is 5.69 Å². The van der Waals surface area contributed by atoms with Crippen LogP contribution < -0.4 is 10.0 Å². The molecule has 0 bridgehead atoms. The summed E-state index contributed by atoms with van der Waals surface area (Å²) in [7, 11) is -3.69. The van der Waals surface area contributed by atoms with Gasteiger partial charge in [-0.2, -0.15) is 5.10 Å². The van der Waals surface area contributed by atoms with Gasteiger partial charge in [0.25, 0.3) is 10.0 Å². The van der Waals surface area contributed by atoms with Gasteiger partial charge >= 0.3 is 0 Å². The van der Waals surface area contributed by atoms with Crippen molar-refractivity contribution in [3.63, 3.8) is 0 Å². The van der Waals surface area contributed by atoms with Gasteiger partial charge in [0, 0.05) is 30.8 Å². The third kappa shape index (κ3) is 3.77. The van der Waals surface area contributed by atoms with E-state index < -0.39 is 10.0 Å². The molecule has 1 atom stereocenters. The summed E-state index contributed by atoms with van der Waals surface area (Å²) in [5, 5.41) is 7.12. The Morgan fingerprint density at radius 3 is 2.36 bits per heavy atom. The molecule has 0 radical (unpaired) electrons. The van der Waals surface area contributed by atoms with E-state index in [0.717, 1.165) is 16.9 Å². The second kappa shape index (κ2) is 7.12. The molecule has 144 valence electrons. The van der Waals surface area contributed by atoms with Crippen molar-refractivity contribution in [1.29, 1.82) is 0 Å². The number of carbonyl (C=O) groups excluding carboxylic acids is 1. The van der Waals surface area contributed by atoms with E-state index in [0.29, 0.717) is 18.7 Å². The van der Waals surface area contributed by atoms with Gasteiger partial charge in [0.2, 0.25) is 5.91 Å². The Balaban J connectivity index is 1.48. The van der Waals surface area contributed by atoms with Crippen molar-refractivity contribution in [2.75, 3.05) is 11.3 Å². The fourth-order valence-electron chi connectivity index (χ4n) is 3.22. The molecule has 8 heteroatoms. The van der Waals surface area contributed by atoms with Crippen LogP contribution in [0.3, 0.4) is 0 Å². The van der Waals surface area contributed by atoms with Crippen molar-refractivity contribution in [1.82, 2.24) is 15.1 Å². The number of nitrogens with zero attached hydrogens (tertiary/aromatic N) is 2. The van der Waals surface area contributed by atoms with Crippen LogP contribution in [0.4, 0.5) is 5.69 Å². The van der Waals surface area contributed by atoms with Crippen LogP contribution in [0.15, 0.2) is 65.7 Å². The zero-order valence-electron chi connectivity index (χ0n) is 15.3. The van der Waals surface area contributed by atoms with E-state index in [-0.39, 0.29) is 16.7 Å². The molecule has 1 aliphatic rings. The lowest BCUT2D eigenvalue weighted by Gasteiger charge is -2.11. The van der Waals surface area contributed by atoms with Gasteiger partial charge in [0.15, 0.2) is 0 Å². The molecule has 2 N–H and O–H groups in total. The largest absolute Gasteiger partial charge is 0.355 e. The van der Waals surface area contributed by atoms with Crippen molar-refractivity contribution in [2.45, 2.75) is 24.2 Å². The highest BCUT2D eigenvalue weighted by Gasteiger charge is 2.23. The number of aromatic nitrogens is 2. The molecule has 0 aliphatic carbocycles. The summed E-state index contributed by atoms with van der Waals surface area (Å²) < 4.78 is 29.6. The maximum Gasteiger partial charge on any atom is 0.261 e. The summed E-state index contributed by atoms with van der Waals surface area (Å²) in [5.74, 6) is 0.118. The summed E-state index contributed by atoms with van der Waals surface area (Å²) in [6, 6.07) is 15.6. The van der Waals surface area contributed by atoms with Crippen LogP contribution >= 0.6 is 0 Å². The Hall–Kier alpha value is -3.13. The minimum absolute atomic E-state index is 0.0251. The molecular weight excluding hydrogens is 376 g/mol. The van der Waals surface area contributed by atoms with Crippen molar-refractivity contribution in [3.8, 4) is 5.69 Å². The van der Waals surface area contributed by atoms with Gasteiger partial charge in [0.1, 0.15) is 0 Å². The lowest BCUT2D eigenvalue weighted by Crippen LogP contribution is -2.14. The number of amides is 1. The SMILES string of the molecule is Cc1ccn(-c2ccc(NS(=O)(=O)c3ccc([C@H]4CNC(=O)C4)cc3)cc2)n1. The van der Waals surface area contributed by atoms with Gasteiger partial charge in [-0.15, -0.1) is 0 Å². The third-order valence-electron chi connectivity index (χ3n) is 4.75. The Morgan fingerprint density at radius 2 is 1.79 bits per heavy atom. The van der Waals surface area contributed by atoms with E-state index >= 15 is 0 Å². The van der Waals surface area contributed by atoms with Gasteiger partial charge in [-0.25, -0.2) is 13.1 Å². The van der Waals surface area contributed by atoms with E-state index in [1.807, 2.05) is 19.2 Å². The second-order valence-corrected chi connectivity index (χ2v) is 8.51. The lowest BCUT2D eigenvalue weighted by atomic mass is 9.99. The average molecular weight is 396 g/mol. The molecule has 3 aromatic rings. The number of anilines is 1. The van der Waals surface area contributed by atoms with Crippen LogP contribution in [0.1, 0.15) is 23.6 Å². The van der Waals surface area contributed by atoms with Crippen LogP contribution in [-0.4, -0.2) is 30.7 Å². The zero-order valence-corrected chi connectivity index (χ0v) is 16.1. The average Bonchev–Trinajstić information content (AvgIpc) is 3.31. The van der Waals surface area contributed by atoms with Crippen molar-refractivity contribution >= 4 is 21.6 Å². The molecule has 1 aromatic heterocycles. The number of hydrogen-bond donors (Lipinski definition) is 2. The first-order valence-corrected chi connectivity index (χ1v) is 10.4. The number of carbonyl (C=O) groups is 1. The van der Waals surface area contributed by atoms with Crippen molar-refractivity contribution < 1.29 is 13.2 Å². The van der Waals surface area contributed by atoms with Crippen LogP contribution in [0.2, 0.25) is 0 Å². The molecule has 1 amide bonds. The van der Waals surface area contributed by atoms with Crippen LogP contribution in [0.5, 0.6) is 0 Å². The predicted octanol–water partition coefficient (Wildman–Crippen LogP) is 2.59. The summed E-state index contributed by atoms with van der Waals surface area (Å²) >= 11 is 0. The van der Waals surface area contributed by atoms with E-state index in [4.69, 9.17) is 0 Å². The lowest BCUT2D eigenvalue weighted by molar-refractivity contribution is -0.119. The van der Waals surface area contributed by atoms with Crippen LogP contribution in [-0.2, 0) is 14.8 Å². The number of rotatable bonds is 5. The molecule has 4 rings (SSSR count). The van der Waals surface area contributed by atoms with E-state index in [9.17, 15) is 13.2 Å². The number of aryl methyl sites for hydroxylation is 1. The first-order chi connectivity index (χ1) is 13.4. The first-order valence-electron chi connectivity index (χ1n) is 8.93. The number of nitrogens with one attached hydrogen (secondary N) is 2. The summed E-state index contributed by atoms with van der Waals surface area (Å²) in [4.78, 5) is 11.5. The standard InChI is InChI=1S/C20H20N4O3S/c1-14-10-11-24(22-14)18-6-4-17(5-7-18)23-28(26,27)19-8-2-15(3-9-19)16-12-20(25)21-13-16/h2-11,16,23H,12-13H2,1H3,(H,21,25)/t16-/m1/s1. The summed E-state index contributed by atoms with van der Waals surface area (Å²) in [6.07, 6.45) is 2.29. The number of hydrogen-bond acceptors (Lipinski definition) is 4. The quantitative estimate of drug-likeness (QED) is 0.693. The highest BCUT2D eigenvalue weighted by Crippen LogP contribution is 2.25. The first kappa shape index (κ1) is 18.2. The molecule has 28 heavy (non-hydrogen) atoms. The Kier molecular flexibility index (Phi) is 4.64. The third-order valence-corrected chi connectivity index (χ3v) is 6.14. The highest BCUT2D eigenvalue weighted by molar-refractivity contribution is 7.92. The molecule has 0 saturated carbocycles. The van der Waals surface area contributed by atoms with E-state index in [1.165, 1.54) is 0 Å². The monoisotopic (exact) mass is 396 g/mol. The Labute approximate surface area is 163 Å². The normalized spacial score (nSPS) is 16.8. The minimum atomic E-state index is -3.69. The number of benzene rings is 2. The molecule has 7 nitrogen and oxygen atoms in total. The highest BCUT2D eigenvalue weighted by atomic mass is 32.2. The molecule has 2 aromatic carbocycles. The summed E-state index contributed by atoms with van der Waals surface area (Å²) in [6.45, 7) is 2.50. The van der Waals surface area contributed by atoms with Crippen LogP contribution in [0, 0.1) is 6.92 Å². The fraction of sp³-hybridized carbons (Fsp3) is 0.200. The molecule has 0 unspecified atom stereocenters.